The molecular formula is C18H19N3. The second kappa shape index (κ2) is 6.32. The van der Waals surface area contributed by atoms with Gasteiger partial charge in [-0.05, 0) is 42.7 Å². The van der Waals surface area contributed by atoms with Crippen molar-refractivity contribution >= 4 is 11.4 Å². The molecule has 0 atom stereocenters. The standard InChI is InChI=1S/C18H19N3/c19-13-15-7-9-16(10-8-15)14-20-17-5-1-2-6-18(17)21-11-3-4-12-21/h1-2,5-10,20H,3-4,11-12,14H2. The highest BCUT2D eigenvalue weighted by Gasteiger charge is 2.14. The Balaban J connectivity index is 1.71. The van der Waals surface area contributed by atoms with Crippen LogP contribution >= 0.6 is 0 Å². The molecule has 3 heteroatoms. The van der Waals surface area contributed by atoms with Crippen LogP contribution in [-0.4, -0.2) is 13.1 Å². The van der Waals surface area contributed by atoms with E-state index in [1.807, 2.05) is 24.3 Å². The molecule has 1 fully saturated rings. The molecule has 0 bridgehead atoms. The Morgan fingerprint density at radius 2 is 1.71 bits per heavy atom. The molecule has 1 aliphatic heterocycles. The van der Waals surface area contributed by atoms with Crippen LogP contribution in [0.25, 0.3) is 0 Å². The molecule has 1 heterocycles. The Bertz CT molecular complexity index is 634. The Labute approximate surface area is 125 Å². The van der Waals surface area contributed by atoms with Gasteiger partial charge in [0.2, 0.25) is 0 Å². The summed E-state index contributed by atoms with van der Waals surface area (Å²) in [5.74, 6) is 0. The Morgan fingerprint density at radius 1 is 1.00 bits per heavy atom. The van der Waals surface area contributed by atoms with Crippen LogP contribution in [0.5, 0.6) is 0 Å². The highest BCUT2D eigenvalue weighted by Crippen LogP contribution is 2.28. The lowest BCUT2D eigenvalue weighted by Crippen LogP contribution is -2.19. The van der Waals surface area contributed by atoms with Crippen LogP contribution < -0.4 is 10.2 Å². The van der Waals surface area contributed by atoms with Crippen LogP contribution in [0.15, 0.2) is 48.5 Å². The van der Waals surface area contributed by atoms with Crippen molar-refractivity contribution in [1.82, 2.24) is 0 Å². The molecule has 0 aromatic heterocycles. The summed E-state index contributed by atoms with van der Waals surface area (Å²) >= 11 is 0. The van der Waals surface area contributed by atoms with Crippen LogP contribution in [0.2, 0.25) is 0 Å². The molecule has 0 saturated carbocycles. The van der Waals surface area contributed by atoms with Crippen LogP contribution in [0.3, 0.4) is 0 Å². The van der Waals surface area contributed by atoms with Gasteiger partial charge in [0, 0.05) is 19.6 Å². The molecule has 1 aliphatic rings. The van der Waals surface area contributed by atoms with Crippen molar-refractivity contribution in [2.75, 3.05) is 23.3 Å². The lowest BCUT2D eigenvalue weighted by molar-refractivity contribution is 0.949. The minimum atomic E-state index is 0.705. The average molecular weight is 277 g/mol. The van der Waals surface area contributed by atoms with Crippen molar-refractivity contribution in [3.63, 3.8) is 0 Å². The number of nitriles is 1. The monoisotopic (exact) mass is 277 g/mol. The van der Waals surface area contributed by atoms with Gasteiger partial charge in [0.15, 0.2) is 0 Å². The van der Waals surface area contributed by atoms with Crippen molar-refractivity contribution in [2.45, 2.75) is 19.4 Å². The number of benzene rings is 2. The van der Waals surface area contributed by atoms with Gasteiger partial charge in [0.05, 0.1) is 23.0 Å². The summed E-state index contributed by atoms with van der Waals surface area (Å²) in [4.78, 5) is 2.45. The lowest BCUT2D eigenvalue weighted by Gasteiger charge is -2.22. The lowest BCUT2D eigenvalue weighted by atomic mass is 10.1. The molecule has 3 nitrogen and oxygen atoms in total. The van der Waals surface area contributed by atoms with E-state index in [0.717, 1.165) is 19.6 Å². The van der Waals surface area contributed by atoms with Crippen LogP contribution in [0.4, 0.5) is 11.4 Å². The highest BCUT2D eigenvalue weighted by atomic mass is 15.2. The minimum Gasteiger partial charge on any atom is -0.379 e. The number of hydrogen-bond acceptors (Lipinski definition) is 3. The fraction of sp³-hybridized carbons (Fsp3) is 0.278. The molecule has 1 N–H and O–H groups in total. The van der Waals surface area contributed by atoms with E-state index < -0.39 is 0 Å². The van der Waals surface area contributed by atoms with Gasteiger partial charge in [0.25, 0.3) is 0 Å². The van der Waals surface area contributed by atoms with Gasteiger partial charge in [-0.1, -0.05) is 24.3 Å². The molecule has 0 radical (unpaired) electrons. The first kappa shape index (κ1) is 13.5. The maximum absolute atomic E-state index is 8.82. The normalized spacial score (nSPS) is 14.0. The zero-order valence-electron chi connectivity index (χ0n) is 12.0. The van der Waals surface area contributed by atoms with Gasteiger partial charge < -0.3 is 10.2 Å². The maximum Gasteiger partial charge on any atom is 0.0991 e. The van der Waals surface area contributed by atoms with Crippen molar-refractivity contribution < 1.29 is 0 Å². The van der Waals surface area contributed by atoms with Crippen LogP contribution in [0, 0.1) is 11.3 Å². The zero-order valence-corrected chi connectivity index (χ0v) is 12.0. The SMILES string of the molecule is N#Cc1ccc(CNc2ccccc2N2CCCC2)cc1. The average Bonchev–Trinajstić information content (AvgIpc) is 3.08. The van der Waals surface area contributed by atoms with Crippen molar-refractivity contribution in [1.29, 1.82) is 5.26 Å². The summed E-state index contributed by atoms with van der Waals surface area (Å²) in [6, 6.07) is 18.4. The third-order valence-electron chi connectivity index (χ3n) is 3.92. The Kier molecular flexibility index (Phi) is 4.07. The molecule has 2 aromatic carbocycles. The molecule has 106 valence electrons. The number of para-hydroxylation sites is 2. The molecule has 3 rings (SSSR count). The maximum atomic E-state index is 8.82. The summed E-state index contributed by atoms with van der Waals surface area (Å²) in [5.41, 5.74) is 4.37. The minimum absolute atomic E-state index is 0.705. The Hall–Kier alpha value is -2.47. The largest absolute Gasteiger partial charge is 0.379 e. The van der Waals surface area contributed by atoms with Crippen LogP contribution in [-0.2, 0) is 6.54 Å². The predicted octanol–water partition coefficient (Wildman–Crippen LogP) is 3.77. The second-order valence-electron chi connectivity index (χ2n) is 5.37. The first-order valence-electron chi connectivity index (χ1n) is 7.44. The number of hydrogen-bond donors (Lipinski definition) is 1. The molecule has 1 saturated heterocycles. The van der Waals surface area contributed by atoms with Crippen molar-refractivity contribution in [3.05, 3.63) is 59.7 Å². The third kappa shape index (κ3) is 3.17. The van der Waals surface area contributed by atoms with Crippen LogP contribution in [0.1, 0.15) is 24.0 Å². The molecule has 0 unspecified atom stereocenters. The van der Waals surface area contributed by atoms with Gasteiger partial charge in [-0.25, -0.2) is 0 Å². The summed E-state index contributed by atoms with van der Waals surface area (Å²) in [7, 11) is 0. The van der Waals surface area contributed by atoms with E-state index in [1.165, 1.54) is 29.8 Å². The predicted molar refractivity (Wildman–Crippen MR) is 86.4 cm³/mol. The summed E-state index contributed by atoms with van der Waals surface area (Å²) in [5, 5.41) is 12.3. The first-order chi connectivity index (χ1) is 10.4. The fourth-order valence-electron chi connectivity index (χ4n) is 2.75. The van der Waals surface area contributed by atoms with Crippen molar-refractivity contribution in [2.24, 2.45) is 0 Å². The summed E-state index contributed by atoms with van der Waals surface area (Å²) in [6.07, 6.45) is 2.56. The van der Waals surface area contributed by atoms with Gasteiger partial charge in [-0.2, -0.15) is 5.26 Å². The van der Waals surface area contributed by atoms with E-state index in [9.17, 15) is 0 Å². The van der Waals surface area contributed by atoms with E-state index in [0.29, 0.717) is 5.56 Å². The molecular weight excluding hydrogens is 258 g/mol. The Morgan fingerprint density at radius 3 is 2.43 bits per heavy atom. The molecule has 21 heavy (non-hydrogen) atoms. The number of rotatable bonds is 4. The van der Waals surface area contributed by atoms with Gasteiger partial charge >= 0.3 is 0 Å². The van der Waals surface area contributed by atoms with E-state index in [4.69, 9.17) is 5.26 Å². The molecule has 2 aromatic rings. The third-order valence-corrected chi connectivity index (χ3v) is 3.92. The molecule has 0 amide bonds. The molecule has 0 spiro atoms. The highest BCUT2D eigenvalue weighted by molar-refractivity contribution is 5.70. The van der Waals surface area contributed by atoms with E-state index >= 15 is 0 Å². The van der Waals surface area contributed by atoms with Crippen molar-refractivity contribution in [3.8, 4) is 6.07 Å². The zero-order chi connectivity index (χ0) is 14.5. The number of nitrogens with one attached hydrogen (secondary N) is 1. The van der Waals surface area contributed by atoms with Gasteiger partial charge in [-0.3, -0.25) is 0 Å². The van der Waals surface area contributed by atoms with Gasteiger partial charge in [0.1, 0.15) is 0 Å². The van der Waals surface area contributed by atoms with E-state index in [2.05, 4.69) is 40.6 Å². The van der Waals surface area contributed by atoms with E-state index in [-0.39, 0.29) is 0 Å². The first-order valence-corrected chi connectivity index (χ1v) is 7.44. The topological polar surface area (TPSA) is 39.1 Å². The van der Waals surface area contributed by atoms with E-state index in [1.54, 1.807) is 0 Å². The second-order valence-corrected chi connectivity index (χ2v) is 5.37. The quantitative estimate of drug-likeness (QED) is 0.924. The summed E-state index contributed by atoms with van der Waals surface area (Å²) < 4.78 is 0. The number of anilines is 2. The molecule has 0 aliphatic carbocycles. The smallest absolute Gasteiger partial charge is 0.0991 e. The number of nitrogens with zero attached hydrogens (tertiary/aromatic N) is 2. The summed E-state index contributed by atoms with van der Waals surface area (Å²) in [6.45, 7) is 3.07. The van der Waals surface area contributed by atoms with Gasteiger partial charge in [-0.15, -0.1) is 0 Å². The fourth-order valence-corrected chi connectivity index (χ4v) is 2.75.